The molecule has 0 saturated heterocycles. The Labute approximate surface area is 148 Å². The Balaban J connectivity index is 1.86. The maximum Gasteiger partial charge on any atom is 0.191 e. The number of fused-ring (bicyclic) bond motifs is 1. The Morgan fingerprint density at radius 2 is 2.04 bits per heavy atom. The van der Waals surface area contributed by atoms with Crippen molar-refractivity contribution in [2.45, 2.75) is 25.9 Å². The summed E-state index contributed by atoms with van der Waals surface area (Å²) >= 11 is 6.26. The molecule has 0 saturated carbocycles. The van der Waals surface area contributed by atoms with Crippen molar-refractivity contribution in [3.05, 3.63) is 22.7 Å². The van der Waals surface area contributed by atoms with Crippen molar-refractivity contribution in [3.63, 3.8) is 0 Å². The molecular formula is C17H26ClN3O3. The number of ether oxygens (including phenoxy) is 3. The minimum absolute atomic E-state index is 0.249. The highest BCUT2D eigenvalue weighted by atomic mass is 35.5. The maximum absolute atomic E-state index is 6.26. The number of methoxy groups -OCH3 is 1. The molecule has 0 unspecified atom stereocenters. The third-order valence-corrected chi connectivity index (χ3v) is 4.10. The average Bonchev–Trinajstić information content (AvgIpc) is 2.58. The molecule has 0 atom stereocenters. The highest BCUT2D eigenvalue weighted by Crippen LogP contribution is 2.38. The molecule has 0 bridgehead atoms. The third kappa shape index (κ3) is 5.18. The normalized spacial score (nSPS) is 14.5. The lowest BCUT2D eigenvalue weighted by atomic mass is 10.1. The number of guanidine groups is 1. The molecule has 0 fully saturated rings. The van der Waals surface area contributed by atoms with Gasteiger partial charge in [-0.2, -0.15) is 0 Å². The fourth-order valence-electron chi connectivity index (χ4n) is 2.22. The predicted octanol–water partition coefficient (Wildman–Crippen LogP) is 2.24. The van der Waals surface area contributed by atoms with Crippen LogP contribution in [0.15, 0.2) is 17.1 Å². The minimum Gasteiger partial charge on any atom is -0.486 e. The molecule has 134 valence electrons. The average molecular weight is 356 g/mol. The minimum atomic E-state index is -0.249. The molecule has 7 heteroatoms. The summed E-state index contributed by atoms with van der Waals surface area (Å²) in [5, 5.41) is 7.12. The zero-order chi connectivity index (χ0) is 17.6. The quantitative estimate of drug-likeness (QED) is 0.605. The fraction of sp³-hybridized carbons (Fsp3) is 0.588. The second-order valence-electron chi connectivity index (χ2n) is 6.17. The van der Waals surface area contributed by atoms with Crippen LogP contribution >= 0.6 is 11.6 Å². The van der Waals surface area contributed by atoms with Gasteiger partial charge in [0.15, 0.2) is 17.5 Å². The first-order valence-corrected chi connectivity index (χ1v) is 8.40. The van der Waals surface area contributed by atoms with E-state index in [-0.39, 0.29) is 5.60 Å². The molecule has 24 heavy (non-hydrogen) atoms. The Bertz CT molecular complexity index is 591. The summed E-state index contributed by atoms with van der Waals surface area (Å²) in [6, 6.07) is 3.90. The van der Waals surface area contributed by atoms with E-state index in [0.29, 0.717) is 36.3 Å². The van der Waals surface area contributed by atoms with Crippen LogP contribution in [-0.4, -0.2) is 52.0 Å². The van der Waals surface area contributed by atoms with E-state index in [4.69, 9.17) is 25.8 Å². The van der Waals surface area contributed by atoms with Crippen molar-refractivity contribution < 1.29 is 14.2 Å². The number of nitrogens with one attached hydrogen (secondary N) is 2. The van der Waals surface area contributed by atoms with Crippen molar-refractivity contribution in [1.82, 2.24) is 10.6 Å². The molecular weight excluding hydrogens is 330 g/mol. The number of hydrogen-bond acceptors (Lipinski definition) is 4. The van der Waals surface area contributed by atoms with E-state index in [1.54, 1.807) is 14.2 Å². The molecule has 6 nitrogen and oxygen atoms in total. The van der Waals surface area contributed by atoms with Gasteiger partial charge in [0.1, 0.15) is 13.2 Å². The second kappa shape index (κ2) is 8.44. The lowest BCUT2D eigenvalue weighted by Crippen LogP contribution is -2.45. The summed E-state index contributed by atoms with van der Waals surface area (Å²) in [5.41, 5.74) is 0.838. The van der Waals surface area contributed by atoms with E-state index in [1.165, 1.54) is 0 Å². The van der Waals surface area contributed by atoms with Crippen LogP contribution in [-0.2, 0) is 11.2 Å². The van der Waals surface area contributed by atoms with Crippen LogP contribution in [0.1, 0.15) is 19.4 Å². The highest BCUT2D eigenvalue weighted by Gasteiger charge is 2.17. The summed E-state index contributed by atoms with van der Waals surface area (Å²) in [5.74, 6) is 2.09. The van der Waals surface area contributed by atoms with Gasteiger partial charge in [-0.15, -0.1) is 0 Å². The summed E-state index contributed by atoms with van der Waals surface area (Å²) in [7, 11) is 3.44. The number of benzene rings is 1. The van der Waals surface area contributed by atoms with Gasteiger partial charge in [-0.25, -0.2) is 0 Å². The first kappa shape index (κ1) is 18.7. The van der Waals surface area contributed by atoms with Gasteiger partial charge in [0.05, 0.1) is 10.6 Å². The number of rotatable bonds is 6. The van der Waals surface area contributed by atoms with Crippen LogP contribution in [0.2, 0.25) is 5.02 Å². The van der Waals surface area contributed by atoms with E-state index < -0.39 is 0 Å². The Morgan fingerprint density at radius 1 is 1.29 bits per heavy atom. The molecule has 0 radical (unpaired) electrons. The lowest BCUT2D eigenvalue weighted by Gasteiger charge is -2.24. The summed E-state index contributed by atoms with van der Waals surface area (Å²) in [6.07, 6.45) is 0.796. The molecule has 1 heterocycles. The SMILES string of the molecule is CN=C(NCCc1cc(Cl)c2c(c1)OCCO2)NCC(C)(C)OC. The van der Waals surface area contributed by atoms with Gasteiger partial charge in [0, 0.05) is 27.2 Å². The first-order chi connectivity index (χ1) is 11.4. The Hall–Kier alpha value is -1.66. The van der Waals surface area contributed by atoms with Gasteiger partial charge < -0.3 is 24.8 Å². The van der Waals surface area contributed by atoms with Crippen molar-refractivity contribution in [1.29, 1.82) is 0 Å². The zero-order valence-corrected chi connectivity index (χ0v) is 15.5. The van der Waals surface area contributed by atoms with Crippen molar-refractivity contribution >= 4 is 17.6 Å². The molecule has 2 rings (SSSR count). The predicted molar refractivity (Wildman–Crippen MR) is 96.6 cm³/mol. The van der Waals surface area contributed by atoms with Crippen LogP contribution in [0.4, 0.5) is 0 Å². The smallest absolute Gasteiger partial charge is 0.191 e. The van der Waals surface area contributed by atoms with Gasteiger partial charge in [-0.05, 0) is 38.0 Å². The standard InChI is InChI=1S/C17H26ClN3O3/c1-17(2,22-4)11-21-16(19-3)20-6-5-12-9-13(18)15-14(10-12)23-7-8-24-15/h9-10H,5-8,11H2,1-4H3,(H2,19,20,21). The molecule has 1 aromatic carbocycles. The summed E-state index contributed by atoms with van der Waals surface area (Å²) < 4.78 is 16.5. The monoisotopic (exact) mass is 355 g/mol. The second-order valence-corrected chi connectivity index (χ2v) is 6.58. The van der Waals surface area contributed by atoms with Crippen LogP contribution in [0.25, 0.3) is 0 Å². The Kier molecular flexibility index (Phi) is 6.57. The van der Waals surface area contributed by atoms with Crippen LogP contribution < -0.4 is 20.1 Å². The van der Waals surface area contributed by atoms with Crippen molar-refractivity contribution in [2.24, 2.45) is 4.99 Å². The van der Waals surface area contributed by atoms with Gasteiger partial charge in [0.2, 0.25) is 0 Å². The number of nitrogens with zero attached hydrogens (tertiary/aromatic N) is 1. The molecule has 2 N–H and O–H groups in total. The van der Waals surface area contributed by atoms with Crippen LogP contribution in [0, 0.1) is 0 Å². The molecule has 0 amide bonds. The summed E-state index contributed by atoms with van der Waals surface area (Å²) in [4.78, 5) is 4.21. The highest BCUT2D eigenvalue weighted by molar-refractivity contribution is 6.32. The van der Waals surface area contributed by atoms with E-state index in [9.17, 15) is 0 Å². The molecule has 0 aliphatic carbocycles. The van der Waals surface area contributed by atoms with Crippen molar-refractivity contribution in [3.8, 4) is 11.5 Å². The molecule has 1 aliphatic heterocycles. The largest absolute Gasteiger partial charge is 0.486 e. The van der Waals surface area contributed by atoms with Gasteiger partial charge >= 0.3 is 0 Å². The molecule has 0 spiro atoms. The third-order valence-electron chi connectivity index (χ3n) is 3.82. The van der Waals surface area contributed by atoms with Gasteiger partial charge in [-0.3, -0.25) is 4.99 Å². The topological polar surface area (TPSA) is 64.1 Å². The zero-order valence-electron chi connectivity index (χ0n) is 14.7. The first-order valence-electron chi connectivity index (χ1n) is 8.03. The summed E-state index contributed by atoms with van der Waals surface area (Å²) in [6.45, 7) is 6.52. The maximum atomic E-state index is 6.26. The fourth-order valence-corrected chi connectivity index (χ4v) is 2.51. The van der Waals surface area contributed by atoms with Crippen LogP contribution in [0.3, 0.4) is 0 Å². The Morgan fingerprint density at radius 3 is 2.75 bits per heavy atom. The van der Waals surface area contributed by atoms with Gasteiger partial charge in [-0.1, -0.05) is 11.6 Å². The van der Waals surface area contributed by atoms with E-state index in [1.807, 2.05) is 26.0 Å². The van der Waals surface area contributed by atoms with Crippen molar-refractivity contribution in [2.75, 3.05) is 40.5 Å². The van der Waals surface area contributed by atoms with Crippen LogP contribution in [0.5, 0.6) is 11.5 Å². The van der Waals surface area contributed by atoms with E-state index in [2.05, 4.69) is 15.6 Å². The van der Waals surface area contributed by atoms with E-state index in [0.717, 1.165) is 24.5 Å². The number of hydrogen-bond donors (Lipinski definition) is 2. The van der Waals surface area contributed by atoms with Gasteiger partial charge in [0.25, 0.3) is 0 Å². The lowest BCUT2D eigenvalue weighted by molar-refractivity contribution is 0.0268. The molecule has 1 aromatic rings. The number of halogens is 1. The molecule has 1 aliphatic rings. The van der Waals surface area contributed by atoms with E-state index >= 15 is 0 Å². The number of aliphatic imine (C=N–C) groups is 1. The molecule has 0 aromatic heterocycles.